The van der Waals surface area contributed by atoms with Crippen LogP contribution in [0.3, 0.4) is 0 Å². The number of nitro benzene ring substituents is 1. The molecule has 3 aliphatic rings. The molecular formula is C23H17N3O4S2. The lowest BCUT2D eigenvalue weighted by Gasteiger charge is -2.17. The number of benzene rings is 2. The standard InChI is InChI=1S/C23H17N3O4S2/c27-21-19-13-3-4-14(9-13)20(19)22(28)25(21)16-7-8-17-18(10-16)32-23(24-17)31-11-12-1-5-15(6-2-12)26(29)30/h1-8,10,13-14,19-20H,9,11H2/t13-,14-,19-,20-/m0/s1. The Bertz CT molecular complexity index is 1290. The lowest BCUT2D eigenvalue weighted by Crippen LogP contribution is -2.32. The Labute approximate surface area is 191 Å². The van der Waals surface area contributed by atoms with Crippen molar-refractivity contribution in [3.63, 3.8) is 0 Å². The van der Waals surface area contributed by atoms with Crippen LogP contribution in [-0.4, -0.2) is 21.7 Å². The SMILES string of the molecule is O=C1[C@@H]2[C@@H](C(=O)N1c1ccc3nc(SCc4ccc([N+](=O)[O-])cc4)sc3c1)[C@H]1C=C[C@H]2C1. The molecule has 1 saturated carbocycles. The van der Waals surface area contributed by atoms with Crippen molar-refractivity contribution in [3.05, 3.63) is 70.3 Å². The Morgan fingerprint density at radius 2 is 1.75 bits per heavy atom. The van der Waals surface area contributed by atoms with E-state index in [1.807, 2.05) is 12.1 Å². The van der Waals surface area contributed by atoms with Crippen LogP contribution < -0.4 is 4.90 Å². The second-order valence-corrected chi connectivity index (χ2v) is 10.6. The van der Waals surface area contributed by atoms with Gasteiger partial charge in [-0.15, -0.1) is 11.3 Å². The minimum absolute atomic E-state index is 0.0743. The first-order chi connectivity index (χ1) is 15.5. The van der Waals surface area contributed by atoms with Gasteiger partial charge in [0, 0.05) is 17.9 Å². The van der Waals surface area contributed by atoms with Crippen LogP contribution in [0.15, 0.2) is 59.0 Å². The van der Waals surface area contributed by atoms with Crippen molar-refractivity contribution in [2.24, 2.45) is 23.7 Å². The van der Waals surface area contributed by atoms with Gasteiger partial charge in [0.25, 0.3) is 5.69 Å². The van der Waals surface area contributed by atoms with Gasteiger partial charge in [0.1, 0.15) is 0 Å². The zero-order chi connectivity index (χ0) is 22.0. The van der Waals surface area contributed by atoms with Gasteiger partial charge in [-0.25, -0.2) is 9.88 Å². The summed E-state index contributed by atoms with van der Waals surface area (Å²) in [5.74, 6) is 0.473. The second kappa shape index (κ2) is 7.25. The third-order valence-corrected chi connectivity index (χ3v) is 8.82. The number of nitro groups is 1. The first-order valence-electron chi connectivity index (χ1n) is 10.3. The summed E-state index contributed by atoms with van der Waals surface area (Å²) >= 11 is 3.07. The van der Waals surface area contributed by atoms with E-state index in [9.17, 15) is 19.7 Å². The molecule has 2 aromatic carbocycles. The molecule has 1 aromatic heterocycles. The molecule has 2 heterocycles. The van der Waals surface area contributed by atoms with Crippen molar-refractivity contribution >= 4 is 56.5 Å². The molecule has 2 fully saturated rings. The molecule has 4 atom stereocenters. The van der Waals surface area contributed by atoms with E-state index < -0.39 is 4.92 Å². The van der Waals surface area contributed by atoms with E-state index in [1.54, 1.807) is 30.0 Å². The Balaban J connectivity index is 1.21. The van der Waals surface area contributed by atoms with E-state index >= 15 is 0 Å². The number of carbonyl (C=O) groups excluding carboxylic acids is 2. The van der Waals surface area contributed by atoms with Crippen LogP contribution in [0.1, 0.15) is 12.0 Å². The van der Waals surface area contributed by atoms with Crippen molar-refractivity contribution < 1.29 is 14.5 Å². The van der Waals surface area contributed by atoms with Crippen molar-refractivity contribution in [3.8, 4) is 0 Å². The molecule has 0 N–H and O–H groups in total. The lowest BCUT2D eigenvalue weighted by atomic mass is 9.85. The molecule has 2 amide bonds. The number of rotatable bonds is 5. The van der Waals surface area contributed by atoms with Gasteiger partial charge in [-0.1, -0.05) is 36.0 Å². The lowest BCUT2D eigenvalue weighted by molar-refractivity contribution is -0.384. The van der Waals surface area contributed by atoms with E-state index in [0.29, 0.717) is 11.4 Å². The summed E-state index contributed by atoms with van der Waals surface area (Å²) < 4.78 is 1.79. The molecule has 9 heteroatoms. The fraction of sp³-hybridized carbons (Fsp3) is 0.261. The number of hydrogen-bond acceptors (Lipinski definition) is 7. The molecule has 32 heavy (non-hydrogen) atoms. The van der Waals surface area contributed by atoms with Crippen LogP contribution in [0, 0.1) is 33.8 Å². The number of nitrogens with zero attached hydrogens (tertiary/aromatic N) is 3. The Kier molecular flexibility index (Phi) is 4.44. The summed E-state index contributed by atoms with van der Waals surface area (Å²) in [5.41, 5.74) is 2.50. The van der Waals surface area contributed by atoms with Crippen LogP contribution in [0.25, 0.3) is 10.2 Å². The number of aromatic nitrogens is 1. The monoisotopic (exact) mass is 463 g/mol. The third kappa shape index (κ3) is 2.99. The zero-order valence-electron chi connectivity index (χ0n) is 16.7. The molecule has 2 aliphatic carbocycles. The predicted molar refractivity (Wildman–Crippen MR) is 122 cm³/mol. The average molecular weight is 464 g/mol. The van der Waals surface area contributed by atoms with Gasteiger partial charge in [0.05, 0.1) is 32.7 Å². The molecule has 160 valence electrons. The topological polar surface area (TPSA) is 93.4 Å². The summed E-state index contributed by atoms with van der Waals surface area (Å²) in [6.45, 7) is 0. The highest BCUT2D eigenvalue weighted by Crippen LogP contribution is 2.53. The van der Waals surface area contributed by atoms with Crippen LogP contribution in [-0.2, 0) is 15.3 Å². The van der Waals surface area contributed by atoms with Crippen molar-refractivity contribution in [1.29, 1.82) is 0 Å². The van der Waals surface area contributed by atoms with Gasteiger partial charge >= 0.3 is 0 Å². The number of thiazole rings is 1. The van der Waals surface area contributed by atoms with Crippen LogP contribution >= 0.6 is 23.1 Å². The highest BCUT2D eigenvalue weighted by molar-refractivity contribution is 8.00. The van der Waals surface area contributed by atoms with E-state index in [4.69, 9.17) is 0 Å². The number of carbonyl (C=O) groups is 2. The first-order valence-corrected chi connectivity index (χ1v) is 12.1. The summed E-state index contributed by atoms with van der Waals surface area (Å²) in [5, 5.41) is 10.8. The Morgan fingerprint density at radius 1 is 1.06 bits per heavy atom. The maximum Gasteiger partial charge on any atom is 0.269 e. The highest BCUT2D eigenvalue weighted by Gasteiger charge is 2.59. The Hall–Kier alpha value is -3.04. The summed E-state index contributed by atoms with van der Waals surface area (Å²) in [7, 11) is 0. The van der Waals surface area contributed by atoms with Gasteiger partial charge < -0.3 is 0 Å². The van der Waals surface area contributed by atoms with E-state index in [1.165, 1.54) is 28.4 Å². The number of allylic oxidation sites excluding steroid dienone is 2. The predicted octanol–water partition coefficient (Wildman–Crippen LogP) is 4.81. The zero-order valence-corrected chi connectivity index (χ0v) is 18.3. The molecule has 1 aliphatic heterocycles. The molecule has 1 saturated heterocycles. The number of fused-ring (bicyclic) bond motifs is 6. The molecule has 7 nitrogen and oxygen atoms in total. The molecule has 2 bridgehead atoms. The van der Waals surface area contributed by atoms with Crippen LogP contribution in [0.5, 0.6) is 0 Å². The fourth-order valence-corrected chi connectivity index (χ4v) is 7.17. The minimum atomic E-state index is -0.410. The molecule has 0 radical (unpaired) electrons. The molecule has 6 rings (SSSR count). The quantitative estimate of drug-likeness (QED) is 0.177. The highest BCUT2D eigenvalue weighted by atomic mass is 32.2. The van der Waals surface area contributed by atoms with E-state index in [-0.39, 0.29) is 41.2 Å². The number of anilines is 1. The molecule has 0 spiro atoms. The molecular weight excluding hydrogens is 446 g/mol. The van der Waals surface area contributed by atoms with Gasteiger partial charge in [0.2, 0.25) is 11.8 Å². The number of non-ortho nitro benzene ring substituents is 1. The summed E-state index contributed by atoms with van der Waals surface area (Å²) in [4.78, 5) is 42.5. The second-order valence-electron chi connectivity index (χ2n) is 8.36. The molecule has 3 aromatic rings. The number of hydrogen-bond donors (Lipinski definition) is 0. The minimum Gasteiger partial charge on any atom is -0.274 e. The van der Waals surface area contributed by atoms with Gasteiger partial charge in [-0.3, -0.25) is 19.7 Å². The van der Waals surface area contributed by atoms with Crippen LogP contribution in [0.2, 0.25) is 0 Å². The normalized spacial score (nSPS) is 25.8. The smallest absolute Gasteiger partial charge is 0.269 e. The first kappa shape index (κ1) is 19.6. The Morgan fingerprint density at radius 3 is 2.41 bits per heavy atom. The average Bonchev–Trinajstić information content (AvgIpc) is 3.55. The van der Waals surface area contributed by atoms with E-state index in [0.717, 1.165) is 26.5 Å². The third-order valence-electron chi connectivity index (χ3n) is 6.59. The van der Waals surface area contributed by atoms with Crippen molar-refractivity contribution in [2.45, 2.75) is 16.5 Å². The number of amides is 2. The largest absolute Gasteiger partial charge is 0.274 e. The number of imide groups is 1. The maximum absolute atomic E-state index is 13.1. The summed E-state index contributed by atoms with van der Waals surface area (Å²) in [6.07, 6.45) is 5.12. The van der Waals surface area contributed by atoms with Crippen molar-refractivity contribution in [2.75, 3.05) is 4.90 Å². The van der Waals surface area contributed by atoms with Gasteiger partial charge in [-0.05, 0) is 42.0 Å². The number of thioether (sulfide) groups is 1. The van der Waals surface area contributed by atoms with Crippen molar-refractivity contribution in [1.82, 2.24) is 4.98 Å². The fourth-order valence-electron chi connectivity index (χ4n) is 5.11. The molecule has 0 unspecified atom stereocenters. The van der Waals surface area contributed by atoms with Crippen LogP contribution in [0.4, 0.5) is 11.4 Å². The maximum atomic E-state index is 13.1. The van der Waals surface area contributed by atoms with Gasteiger partial charge in [0.15, 0.2) is 4.34 Å². The van der Waals surface area contributed by atoms with Gasteiger partial charge in [-0.2, -0.15) is 0 Å². The summed E-state index contributed by atoms with van der Waals surface area (Å²) in [6, 6.07) is 12.1. The van der Waals surface area contributed by atoms with E-state index in [2.05, 4.69) is 17.1 Å².